The second-order valence-corrected chi connectivity index (χ2v) is 7.24. The van der Waals surface area contributed by atoms with E-state index in [2.05, 4.69) is 4.72 Å². The Morgan fingerprint density at radius 1 is 1.24 bits per heavy atom. The van der Waals surface area contributed by atoms with Crippen molar-refractivity contribution in [1.82, 2.24) is 4.72 Å². The van der Waals surface area contributed by atoms with E-state index < -0.39 is 22.0 Å². The van der Waals surface area contributed by atoms with Crippen molar-refractivity contribution < 1.29 is 18.3 Å². The minimum Gasteiger partial charge on any atom is -0.480 e. The van der Waals surface area contributed by atoms with Gasteiger partial charge >= 0.3 is 5.97 Å². The van der Waals surface area contributed by atoms with Crippen LogP contribution in [0.15, 0.2) is 29.2 Å². The molecule has 1 atom stereocenters. The normalized spacial score (nSPS) is 13.2. The maximum absolute atomic E-state index is 12.2. The van der Waals surface area contributed by atoms with Gasteiger partial charge in [0.15, 0.2) is 0 Å². The first-order valence-electron chi connectivity index (χ1n) is 6.66. The predicted octanol–water partition coefficient (Wildman–Crippen LogP) is 1.53. The molecule has 0 bridgehead atoms. The van der Waals surface area contributed by atoms with Crippen LogP contribution < -0.4 is 9.62 Å². The number of sulfonamides is 1. The Morgan fingerprint density at radius 2 is 1.76 bits per heavy atom. The fourth-order valence-electron chi connectivity index (χ4n) is 1.85. The Morgan fingerprint density at radius 3 is 2.14 bits per heavy atom. The molecule has 0 radical (unpaired) electrons. The van der Waals surface area contributed by atoms with Crippen LogP contribution in [-0.4, -0.2) is 39.6 Å². The van der Waals surface area contributed by atoms with Crippen molar-refractivity contribution in [3.05, 3.63) is 24.3 Å². The minimum atomic E-state index is -3.84. The summed E-state index contributed by atoms with van der Waals surface area (Å²) >= 11 is 0. The lowest BCUT2D eigenvalue weighted by Gasteiger charge is -2.17. The number of benzene rings is 1. The summed E-state index contributed by atoms with van der Waals surface area (Å²) < 4.78 is 26.7. The summed E-state index contributed by atoms with van der Waals surface area (Å²) in [6.07, 6.45) is 0.240. The molecule has 118 valence electrons. The van der Waals surface area contributed by atoms with E-state index in [0.29, 0.717) is 0 Å². The zero-order valence-corrected chi connectivity index (χ0v) is 13.5. The van der Waals surface area contributed by atoms with E-state index in [4.69, 9.17) is 5.11 Å². The largest absolute Gasteiger partial charge is 0.480 e. The van der Waals surface area contributed by atoms with Gasteiger partial charge in [-0.25, -0.2) is 8.42 Å². The van der Waals surface area contributed by atoms with Gasteiger partial charge in [-0.1, -0.05) is 13.8 Å². The molecule has 2 N–H and O–H groups in total. The van der Waals surface area contributed by atoms with Gasteiger partial charge in [-0.3, -0.25) is 4.79 Å². The van der Waals surface area contributed by atoms with Crippen LogP contribution in [0.5, 0.6) is 0 Å². The van der Waals surface area contributed by atoms with Crippen molar-refractivity contribution in [3.8, 4) is 0 Å². The Bertz CT molecular complexity index is 579. The number of hydrogen-bond donors (Lipinski definition) is 2. The molecule has 0 spiro atoms. The second kappa shape index (κ2) is 6.91. The van der Waals surface area contributed by atoms with Gasteiger partial charge in [0, 0.05) is 19.8 Å². The summed E-state index contributed by atoms with van der Waals surface area (Å²) in [5.74, 6) is -1.10. The van der Waals surface area contributed by atoms with Crippen LogP contribution >= 0.6 is 0 Å². The first-order chi connectivity index (χ1) is 9.63. The highest BCUT2D eigenvalue weighted by molar-refractivity contribution is 7.89. The topological polar surface area (TPSA) is 86.7 Å². The summed E-state index contributed by atoms with van der Waals surface area (Å²) in [7, 11) is -0.138. The molecule has 1 aromatic carbocycles. The minimum absolute atomic E-state index is 0.0584. The summed E-state index contributed by atoms with van der Waals surface area (Å²) in [4.78, 5) is 13.1. The van der Waals surface area contributed by atoms with E-state index >= 15 is 0 Å². The quantitative estimate of drug-likeness (QED) is 0.797. The SMILES string of the molecule is CC(C)C[C@@H](NS(=O)(=O)c1ccc(N(C)C)cc1)C(=O)O. The van der Waals surface area contributed by atoms with Crippen LogP contribution in [0.2, 0.25) is 0 Å². The van der Waals surface area contributed by atoms with Crippen molar-refractivity contribution in [2.45, 2.75) is 31.2 Å². The van der Waals surface area contributed by atoms with Gasteiger partial charge in [0.2, 0.25) is 10.0 Å². The fraction of sp³-hybridized carbons (Fsp3) is 0.500. The molecule has 21 heavy (non-hydrogen) atoms. The molecule has 0 aliphatic rings. The molecule has 1 aromatic rings. The number of aliphatic carboxylic acids is 1. The summed E-state index contributed by atoms with van der Waals surface area (Å²) in [5, 5.41) is 9.12. The molecule has 1 rings (SSSR count). The number of rotatable bonds is 7. The molecule has 0 saturated heterocycles. The number of carboxylic acids is 1. The molecule has 0 aromatic heterocycles. The highest BCUT2D eigenvalue weighted by atomic mass is 32.2. The maximum atomic E-state index is 12.2. The first-order valence-corrected chi connectivity index (χ1v) is 8.14. The number of nitrogens with zero attached hydrogens (tertiary/aromatic N) is 1. The van der Waals surface area contributed by atoms with Crippen molar-refractivity contribution in [1.29, 1.82) is 0 Å². The lowest BCUT2D eigenvalue weighted by molar-refractivity contribution is -0.139. The van der Waals surface area contributed by atoms with Gasteiger partial charge in [-0.15, -0.1) is 0 Å². The highest BCUT2D eigenvalue weighted by Gasteiger charge is 2.26. The fourth-order valence-corrected chi connectivity index (χ4v) is 3.05. The Kier molecular flexibility index (Phi) is 5.74. The van der Waals surface area contributed by atoms with Crippen LogP contribution in [0.3, 0.4) is 0 Å². The van der Waals surface area contributed by atoms with E-state index in [1.165, 1.54) is 12.1 Å². The smallest absolute Gasteiger partial charge is 0.321 e. The predicted molar refractivity (Wildman–Crippen MR) is 82.0 cm³/mol. The molecule has 0 aliphatic heterocycles. The summed E-state index contributed by atoms with van der Waals surface area (Å²) in [6, 6.07) is 5.15. The summed E-state index contributed by atoms with van der Waals surface area (Å²) in [5.41, 5.74) is 0.867. The average Bonchev–Trinajstić information content (AvgIpc) is 2.37. The van der Waals surface area contributed by atoms with Gasteiger partial charge in [0.1, 0.15) is 6.04 Å². The Hall–Kier alpha value is -1.60. The van der Waals surface area contributed by atoms with Gasteiger partial charge < -0.3 is 10.0 Å². The lowest BCUT2D eigenvalue weighted by Crippen LogP contribution is -2.41. The monoisotopic (exact) mass is 314 g/mol. The number of carbonyl (C=O) groups is 1. The summed E-state index contributed by atoms with van der Waals surface area (Å²) in [6.45, 7) is 3.69. The first kappa shape index (κ1) is 17.5. The number of anilines is 1. The third kappa shape index (κ3) is 5.02. The van der Waals surface area contributed by atoms with Crippen LogP contribution in [0.4, 0.5) is 5.69 Å². The van der Waals surface area contributed by atoms with E-state index in [9.17, 15) is 13.2 Å². The number of carboxylic acid groups (broad SMARTS) is 1. The van der Waals surface area contributed by atoms with Gasteiger partial charge in [0.05, 0.1) is 4.90 Å². The van der Waals surface area contributed by atoms with Crippen molar-refractivity contribution in [3.63, 3.8) is 0 Å². The Labute approximate surface area is 125 Å². The van der Waals surface area contributed by atoms with E-state index in [1.807, 2.05) is 32.8 Å². The molecule has 0 saturated carbocycles. The Balaban J connectivity index is 2.96. The van der Waals surface area contributed by atoms with Crippen LogP contribution in [0.1, 0.15) is 20.3 Å². The van der Waals surface area contributed by atoms with Crippen molar-refractivity contribution in [2.24, 2.45) is 5.92 Å². The van der Waals surface area contributed by atoms with Crippen LogP contribution in [0, 0.1) is 5.92 Å². The molecule has 0 aliphatic carbocycles. The number of nitrogens with one attached hydrogen (secondary N) is 1. The lowest BCUT2D eigenvalue weighted by atomic mass is 10.1. The zero-order chi connectivity index (χ0) is 16.2. The molecule has 0 fully saturated rings. The van der Waals surface area contributed by atoms with E-state index in [1.54, 1.807) is 12.1 Å². The number of hydrogen-bond acceptors (Lipinski definition) is 4. The molecule has 6 nitrogen and oxygen atoms in total. The molecule has 0 heterocycles. The van der Waals surface area contributed by atoms with E-state index in [-0.39, 0.29) is 17.2 Å². The second-order valence-electron chi connectivity index (χ2n) is 5.53. The molecule has 0 amide bonds. The van der Waals surface area contributed by atoms with Gasteiger partial charge in [0.25, 0.3) is 0 Å². The van der Waals surface area contributed by atoms with Gasteiger partial charge in [-0.2, -0.15) is 4.72 Å². The van der Waals surface area contributed by atoms with Crippen LogP contribution in [-0.2, 0) is 14.8 Å². The molecular weight excluding hydrogens is 292 g/mol. The van der Waals surface area contributed by atoms with Crippen molar-refractivity contribution in [2.75, 3.05) is 19.0 Å². The standard InChI is InChI=1S/C14H22N2O4S/c1-10(2)9-13(14(17)18)15-21(19,20)12-7-5-11(6-8-12)16(3)4/h5-8,10,13,15H,9H2,1-4H3,(H,17,18)/t13-/m1/s1. The van der Waals surface area contributed by atoms with Gasteiger partial charge in [-0.05, 0) is 36.6 Å². The molecule has 7 heteroatoms. The third-order valence-corrected chi connectivity index (χ3v) is 4.45. The molecular formula is C14H22N2O4S. The highest BCUT2D eigenvalue weighted by Crippen LogP contribution is 2.17. The van der Waals surface area contributed by atoms with Crippen LogP contribution in [0.25, 0.3) is 0 Å². The molecule has 0 unspecified atom stereocenters. The third-order valence-electron chi connectivity index (χ3n) is 2.97. The maximum Gasteiger partial charge on any atom is 0.321 e. The average molecular weight is 314 g/mol. The van der Waals surface area contributed by atoms with Crippen molar-refractivity contribution >= 4 is 21.7 Å². The van der Waals surface area contributed by atoms with E-state index in [0.717, 1.165) is 5.69 Å². The zero-order valence-electron chi connectivity index (χ0n) is 12.7.